The number of fused-ring (bicyclic) bond motifs is 3. The second kappa shape index (κ2) is 9.55. The van der Waals surface area contributed by atoms with Crippen LogP contribution in [0.1, 0.15) is 29.7 Å². The summed E-state index contributed by atoms with van der Waals surface area (Å²) < 4.78 is 44.9. The number of rotatable bonds is 3. The van der Waals surface area contributed by atoms with E-state index >= 15 is 0 Å². The summed E-state index contributed by atoms with van der Waals surface area (Å²) in [5, 5.41) is 0. The van der Waals surface area contributed by atoms with Gasteiger partial charge in [0, 0.05) is 50.0 Å². The number of anilines is 3. The van der Waals surface area contributed by atoms with Gasteiger partial charge in [0.15, 0.2) is 0 Å². The van der Waals surface area contributed by atoms with E-state index in [1.54, 1.807) is 0 Å². The van der Waals surface area contributed by atoms with Crippen LogP contribution in [0.25, 0.3) is 11.3 Å². The Balaban J connectivity index is 1.35. The van der Waals surface area contributed by atoms with E-state index in [1.165, 1.54) is 6.07 Å². The van der Waals surface area contributed by atoms with E-state index < -0.39 is 11.7 Å². The van der Waals surface area contributed by atoms with E-state index in [-0.39, 0.29) is 6.17 Å². The van der Waals surface area contributed by atoms with Crippen LogP contribution in [0.4, 0.5) is 30.6 Å². The second-order valence-electron chi connectivity index (χ2n) is 9.73. The minimum Gasteiger partial charge on any atom is -0.378 e. The van der Waals surface area contributed by atoms with Crippen LogP contribution in [-0.2, 0) is 17.3 Å². The van der Waals surface area contributed by atoms with E-state index in [0.717, 1.165) is 78.9 Å². The second-order valence-corrected chi connectivity index (χ2v) is 9.73. The monoisotopic (exact) mass is 510 g/mol. The van der Waals surface area contributed by atoms with Gasteiger partial charge in [-0.25, -0.2) is 9.97 Å². The van der Waals surface area contributed by atoms with Crippen molar-refractivity contribution in [1.82, 2.24) is 15.0 Å². The first-order valence-corrected chi connectivity index (χ1v) is 12.7. The fourth-order valence-corrected chi connectivity index (χ4v) is 5.44. The number of aromatic nitrogens is 3. The van der Waals surface area contributed by atoms with E-state index in [0.29, 0.717) is 32.0 Å². The lowest BCUT2D eigenvalue weighted by atomic mass is 10.0. The van der Waals surface area contributed by atoms with Gasteiger partial charge in [-0.2, -0.15) is 13.2 Å². The standard InChI is InChI=1S/C27H29F3N6O/c1-18-5-7-22-20(16-18)25-21(32-26(33-25)34-12-14-37-15-13-34)9-11-35(22)24-4-2-3-10-36(24)23-8-6-19(17-31-23)27(28,29)30/h5-8,16-17,24H,3-4,9-15H2,1H3,(H,32,33). The molecule has 0 spiro atoms. The fraction of sp³-hybridized carbons (Fsp3) is 0.444. The molecule has 1 unspecified atom stereocenters. The van der Waals surface area contributed by atoms with Crippen LogP contribution < -0.4 is 14.7 Å². The maximum Gasteiger partial charge on any atom is 0.417 e. The van der Waals surface area contributed by atoms with Gasteiger partial charge in [-0.15, -0.1) is 0 Å². The quantitative estimate of drug-likeness (QED) is 0.551. The number of aromatic amines is 1. The molecular weight excluding hydrogens is 481 g/mol. The number of piperidine rings is 1. The van der Waals surface area contributed by atoms with E-state index in [9.17, 15) is 13.2 Å². The lowest BCUT2D eigenvalue weighted by Crippen LogP contribution is -2.52. The lowest BCUT2D eigenvalue weighted by Gasteiger charge is -2.44. The van der Waals surface area contributed by atoms with Crippen LogP contribution >= 0.6 is 0 Å². The number of ether oxygens (including phenoxy) is 1. The van der Waals surface area contributed by atoms with Gasteiger partial charge in [0.1, 0.15) is 12.0 Å². The number of hydrogen-bond acceptors (Lipinski definition) is 6. The van der Waals surface area contributed by atoms with Gasteiger partial charge < -0.3 is 24.4 Å². The highest BCUT2D eigenvalue weighted by Crippen LogP contribution is 2.40. The highest BCUT2D eigenvalue weighted by molar-refractivity contribution is 5.81. The molecule has 37 heavy (non-hydrogen) atoms. The van der Waals surface area contributed by atoms with Crippen LogP contribution in [0, 0.1) is 13.3 Å². The number of nitrogens with zero attached hydrogens (tertiary/aromatic N) is 5. The molecule has 2 radical (unpaired) electrons. The summed E-state index contributed by atoms with van der Waals surface area (Å²) in [4.78, 5) is 19.5. The van der Waals surface area contributed by atoms with E-state index in [4.69, 9.17) is 9.72 Å². The van der Waals surface area contributed by atoms with Crippen LogP contribution in [0.2, 0.25) is 0 Å². The zero-order valence-electron chi connectivity index (χ0n) is 20.7. The van der Waals surface area contributed by atoms with Gasteiger partial charge in [-0.05, 0) is 50.5 Å². The molecule has 5 heterocycles. The summed E-state index contributed by atoms with van der Waals surface area (Å²) in [7, 11) is 0. The first kappa shape index (κ1) is 24.1. The minimum absolute atomic E-state index is 0.109. The number of morpholine rings is 1. The van der Waals surface area contributed by atoms with Gasteiger partial charge in [-0.1, -0.05) is 11.6 Å². The molecule has 7 nitrogen and oxygen atoms in total. The average Bonchev–Trinajstić information content (AvgIpc) is 3.28. The molecule has 3 aliphatic heterocycles. The molecule has 0 aliphatic carbocycles. The van der Waals surface area contributed by atoms with E-state index in [1.807, 2.05) is 0 Å². The Labute approximate surface area is 214 Å². The molecule has 0 amide bonds. The molecule has 0 saturated carbocycles. The van der Waals surface area contributed by atoms with Crippen molar-refractivity contribution in [2.45, 2.75) is 38.5 Å². The van der Waals surface area contributed by atoms with Gasteiger partial charge in [0.25, 0.3) is 0 Å². The number of halogens is 3. The van der Waals surface area contributed by atoms with Gasteiger partial charge >= 0.3 is 6.18 Å². The van der Waals surface area contributed by atoms with Crippen molar-refractivity contribution in [3.05, 3.63) is 59.8 Å². The SMILES string of the molecule is Cc1ccc2c(c1)-c1[nH]c(N3CCOCC3)nc1CCN2C1C[C]CCN1c1ccc(C(F)(F)F)cn1. The van der Waals surface area contributed by atoms with Crippen molar-refractivity contribution in [3.8, 4) is 11.3 Å². The summed E-state index contributed by atoms with van der Waals surface area (Å²) in [6.45, 7) is 6.44. The summed E-state index contributed by atoms with van der Waals surface area (Å²) in [6.07, 6.45) is 2.02. The minimum atomic E-state index is -4.41. The van der Waals surface area contributed by atoms with Gasteiger partial charge in [-0.3, -0.25) is 0 Å². The number of nitrogens with one attached hydrogen (secondary N) is 1. The van der Waals surface area contributed by atoms with Crippen LogP contribution in [-0.4, -0.2) is 60.5 Å². The summed E-state index contributed by atoms with van der Waals surface area (Å²) >= 11 is 0. The molecule has 2 aromatic heterocycles. The molecule has 0 bridgehead atoms. The fourth-order valence-electron chi connectivity index (χ4n) is 5.44. The third-order valence-corrected chi connectivity index (χ3v) is 7.34. The number of aryl methyl sites for hydroxylation is 1. The molecule has 6 rings (SSSR count). The number of H-pyrrole nitrogens is 1. The zero-order valence-corrected chi connectivity index (χ0v) is 20.7. The Bertz CT molecular complexity index is 1250. The molecule has 2 fully saturated rings. The lowest BCUT2D eigenvalue weighted by molar-refractivity contribution is -0.137. The van der Waals surface area contributed by atoms with Gasteiger partial charge in [0.05, 0.1) is 30.2 Å². The first-order chi connectivity index (χ1) is 17.9. The summed E-state index contributed by atoms with van der Waals surface area (Å²) in [5.41, 5.74) is 4.64. The molecule has 1 aromatic carbocycles. The molecule has 3 aliphatic rings. The zero-order chi connectivity index (χ0) is 25.6. The van der Waals surface area contributed by atoms with Crippen LogP contribution in [0.5, 0.6) is 0 Å². The smallest absolute Gasteiger partial charge is 0.378 e. The number of pyridine rings is 1. The van der Waals surface area contributed by atoms with Gasteiger partial charge in [0.2, 0.25) is 5.95 Å². The average molecular weight is 511 g/mol. The number of benzene rings is 1. The third-order valence-electron chi connectivity index (χ3n) is 7.34. The normalized spacial score (nSPS) is 20.4. The van der Waals surface area contributed by atoms with Crippen molar-refractivity contribution in [2.24, 2.45) is 0 Å². The van der Waals surface area contributed by atoms with Crippen molar-refractivity contribution < 1.29 is 17.9 Å². The Morgan fingerprint density at radius 2 is 1.89 bits per heavy atom. The maximum atomic E-state index is 13.1. The number of hydrogen-bond donors (Lipinski definition) is 1. The molecule has 10 heteroatoms. The number of alkyl halides is 3. The molecule has 1 atom stereocenters. The molecule has 2 saturated heterocycles. The topological polar surface area (TPSA) is 60.5 Å². The molecule has 3 aromatic rings. The predicted molar refractivity (Wildman–Crippen MR) is 136 cm³/mol. The highest BCUT2D eigenvalue weighted by Gasteiger charge is 2.35. The van der Waals surface area contributed by atoms with E-state index in [2.05, 4.69) is 56.2 Å². The molecule has 194 valence electrons. The molecule has 1 N–H and O–H groups in total. The summed E-state index contributed by atoms with van der Waals surface area (Å²) in [5.74, 6) is 1.42. The molecular formula is C27H29F3N6O. The Morgan fingerprint density at radius 1 is 1.05 bits per heavy atom. The Morgan fingerprint density at radius 3 is 2.65 bits per heavy atom. The number of imidazole rings is 1. The van der Waals surface area contributed by atoms with Crippen molar-refractivity contribution in [1.29, 1.82) is 0 Å². The summed E-state index contributed by atoms with van der Waals surface area (Å²) in [6, 6.07) is 9.02. The first-order valence-electron chi connectivity index (χ1n) is 12.7. The Hall–Kier alpha value is -3.27. The predicted octanol–water partition coefficient (Wildman–Crippen LogP) is 4.71. The van der Waals surface area contributed by atoms with Crippen molar-refractivity contribution in [2.75, 3.05) is 54.1 Å². The van der Waals surface area contributed by atoms with Crippen molar-refractivity contribution >= 4 is 17.5 Å². The van der Waals surface area contributed by atoms with Crippen LogP contribution in [0.3, 0.4) is 0 Å². The maximum absolute atomic E-state index is 13.1. The Kier molecular flexibility index (Phi) is 6.22. The third kappa shape index (κ3) is 4.63. The largest absolute Gasteiger partial charge is 0.417 e. The van der Waals surface area contributed by atoms with Crippen LogP contribution in [0.15, 0.2) is 36.5 Å². The highest BCUT2D eigenvalue weighted by atomic mass is 19.4. The van der Waals surface area contributed by atoms with Crippen molar-refractivity contribution in [3.63, 3.8) is 0 Å².